The molecule has 0 bridgehead atoms. The summed E-state index contributed by atoms with van der Waals surface area (Å²) in [5.74, 6) is -0.630. The topological polar surface area (TPSA) is 37.4 Å². The molecule has 0 radical (unpaired) electrons. The summed E-state index contributed by atoms with van der Waals surface area (Å²) in [5.41, 5.74) is 6.30. The fourth-order valence-corrected chi connectivity index (χ4v) is 2.84. The summed E-state index contributed by atoms with van der Waals surface area (Å²) in [6.07, 6.45) is 0.572. The molecule has 0 aliphatic carbocycles. The van der Waals surface area contributed by atoms with Crippen LogP contribution < -0.4 is 0 Å². The number of ketones is 2. The van der Waals surface area contributed by atoms with Crippen LogP contribution in [0, 0.1) is 17.8 Å². The Hall–Kier alpha value is -1.66. The van der Waals surface area contributed by atoms with Crippen molar-refractivity contribution in [3.05, 3.63) is 35.8 Å². The second-order valence-electron chi connectivity index (χ2n) is 6.78. The highest BCUT2D eigenvalue weighted by molar-refractivity contribution is 6.08. The van der Waals surface area contributed by atoms with Crippen molar-refractivity contribution in [1.29, 1.82) is 0 Å². The van der Waals surface area contributed by atoms with Crippen LogP contribution in [0.15, 0.2) is 35.8 Å². The van der Waals surface area contributed by atoms with Crippen molar-refractivity contribution in [1.82, 2.24) is 4.90 Å². The fraction of sp³-hybridized carbons (Fsp3) is 0.600. The molecule has 23 heavy (non-hydrogen) atoms. The van der Waals surface area contributed by atoms with Gasteiger partial charge in [-0.3, -0.25) is 14.5 Å². The third kappa shape index (κ3) is 5.48. The lowest BCUT2D eigenvalue weighted by Gasteiger charge is -2.30. The van der Waals surface area contributed by atoms with Crippen LogP contribution in [0.25, 0.3) is 0 Å². The lowest BCUT2D eigenvalue weighted by Crippen LogP contribution is -2.43. The van der Waals surface area contributed by atoms with E-state index < -0.39 is 5.92 Å². The summed E-state index contributed by atoms with van der Waals surface area (Å²) in [7, 11) is 3.74. The largest absolute Gasteiger partial charge is 0.299 e. The first-order valence-electron chi connectivity index (χ1n) is 8.17. The van der Waals surface area contributed by atoms with Gasteiger partial charge in [0.1, 0.15) is 0 Å². The van der Waals surface area contributed by atoms with Crippen LogP contribution in [0.4, 0.5) is 0 Å². The third-order valence-electron chi connectivity index (χ3n) is 3.98. The monoisotopic (exact) mass is 317 g/mol. The SMILES string of the molecule is C=C=C=C(C(=O)[C@H](C(C)C)N(C)C)[C@H](C(=O)C(=C)CC)C(C)C. The Morgan fingerprint density at radius 1 is 1.04 bits per heavy atom. The van der Waals surface area contributed by atoms with Crippen LogP contribution >= 0.6 is 0 Å². The Labute approximate surface area is 141 Å². The van der Waals surface area contributed by atoms with Gasteiger partial charge in [-0.25, -0.2) is 0 Å². The smallest absolute Gasteiger partial charge is 0.185 e. The molecule has 0 saturated carbocycles. The predicted octanol–water partition coefficient (Wildman–Crippen LogP) is 3.82. The van der Waals surface area contributed by atoms with Crippen molar-refractivity contribution in [2.75, 3.05) is 14.1 Å². The van der Waals surface area contributed by atoms with Gasteiger partial charge >= 0.3 is 0 Å². The minimum absolute atomic E-state index is 0.0272. The molecule has 0 aromatic carbocycles. The summed E-state index contributed by atoms with van der Waals surface area (Å²) in [4.78, 5) is 27.7. The quantitative estimate of drug-likeness (QED) is 0.479. The second kappa shape index (κ2) is 9.47. The molecule has 0 aromatic heterocycles. The molecule has 0 saturated heterocycles. The maximum absolute atomic E-state index is 13.1. The van der Waals surface area contributed by atoms with Crippen molar-refractivity contribution in [3.63, 3.8) is 0 Å². The Kier molecular flexibility index (Phi) is 8.79. The predicted molar refractivity (Wildman–Crippen MR) is 96.3 cm³/mol. The Bertz CT molecular complexity index is 534. The summed E-state index contributed by atoms with van der Waals surface area (Å²) in [6.45, 7) is 17.1. The maximum atomic E-state index is 13.1. The molecule has 0 fully saturated rings. The van der Waals surface area contributed by atoms with Crippen LogP contribution in [0.3, 0.4) is 0 Å². The first kappa shape index (κ1) is 21.3. The molecule has 0 aromatic rings. The average molecular weight is 317 g/mol. The minimum atomic E-state index is -0.551. The fourth-order valence-electron chi connectivity index (χ4n) is 2.84. The molecule has 2 atom stereocenters. The van der Waals surface area contributed by atoms with Crippen molar-refractivity contribution in [3.8, 4) is 0 Å². The van der Waals surface area contributed by atoms with Gasteiger partial charge in [-0.05, 0) is 44.5 Å². The maximum Gasteiger partial charge on any atom is 0.185 e. The second-order valence-corrected chi connectivity index (χ2v) is 6.78. The van der Waals surface area contributed by atoms with Crippen molar-refractivity contribution >= 4 is 11.6 Å². The summed E-state index contributed by atoms with van der Waals surface area (Å²) < 4.78 is 0. The molecule has 0 spiro atoms. The molecule has 0 rings (SSSR count). The van der Waals surface area contributed by atoms with Crippen LogP contribution in [0.2, 0.25) is 0 Å². The van der Waals surface area contributed by atoms with Crippen LogP contribution in [0.5, 0.6) is 0 Å². The van der Waals surface area contributed by atoms with Gasteiger partial charge in [-0.2, -0.15) is 0 Å². The van der Waals surface area contributed by atoms with E-state index in [0.717, 1.165) is 0 Å². The van der Waals surface area contributed by atoms with Gasteiger partial charge in [0.2, 0.25) is 0 Å². The van der Waals surface area contributed by atoms with Crippen molar-refractivity contribution in [2.45, 2.75) is 47.1 Å². The highest BCUT2D eigenvalue weighted by atomic mass is 16.1. The van der Waals surface area contributed by atoms with Crippen LogP contribution in [0.1, 0.15) is 41.0 Å². The number of allylic oxidation sites excluding steroid dienone is 1. The van der Waals surface area contributed by atoms with E-state index in [-0.39, 0.29) is 29.4 Å². The molecule has 0 unspecified atom stereocenters. The third-order valence-corrected chi connectivity index (χ3v) is 3.98. The molecule has 0 aliphatic heterocycles. The first-order chi connectivity index (χ1) is 10.6. The van der Waals surface area contributed by atoms with E-state index in [0.29, 0.717) is 17.6 Å². The molecule has 128 valence electrons. The summed E-state index contributed by atoms with van der Waals surface area (Å²) in [5, 5.41) is 0. The van der Waals surface area contributed by atoms with Crippen molar-refractivity contribution < 1.29 is 9.59 Å². The van der Waals surface area contributed by atoms with E-state index in [2.05, 4.69) is 24.6 Å². The van der Waals surface area contributed by atoms with Gasteiger partial charge in [-0.1, -0.05) is 52.7 Å². The standard InChI is InChI=1S/C20H31NO2/c1-10-12-16(20(23)18(14(5)6)21(8)9)17(13(3)4)19(22)15(7)11-2/h13-14,17-18H,1,7,11H2,2-6,8-9H3/t17-,18+/m1/s1. The van der Waals surface area contributed by atoms with E-state index in [4.69, 9.17) is 0 Å². The van der Waals surface area contributed by atoms with Gasteiger partial charge in [-0.15, -0.1) is 0 Å². The van der Waals surface area contributed by atoms with E-state index >= 15 is 0 Å². The highest BCUT2D eigenvalue weighted by Gasteiger charge is 2.36. The minimum Gasteiger partial charge on any atom is -0.299 e. The lowest BCUT2D eigenvalue weighted by atomic mass is 9.77. The molecular weight excluding hydrogens is 286 g/mol. The van der Waals surface area contributed by atoms with E-state index in [9.17, 15) is 9.59 Å². The summed E-state index contributed by atoms with van der Waals surface area (Å²) >= 11 is 0. The number of Topliss-reactive ketones (excluding diaryl/α,β-unsaturated/α-hetero) is 2. The number of nitrogens with zero attached hydrogens (tertiary/aromatic N) is 1. The van der Waals surface area contributed by atoms with Crippen LogP contribution in [-0.2, 0) is 9.59 Å². The number of likely N-dealkylation sites (N-methyl/N-ethyl adjacent to an activating group) is 1. The van der Waals surface area contributed by atoms with E-state index in [1.165, 1.54) is 0 Å². The zero-order chi connectivity index (χ0) is 18.3. The number of hydrogen-bond acceptors (Lipinski definition) is 3. The molecule has 3 heteroatoms. The molecule has 0 aliphatic rings. The lowest BCUT2D eigenvalue weighted by molar-refractivity contribution is -0.125. The normalized spacial score (nSPS) is 13.5. The Balaban J connectivity index is 6.09. The Morgan fingerprint density at radius 2 is 1.57 bits per heavy atom. The van der Waals surface area contributed by atoms with Gasteiger partial charge in [0.25, 0.3) is 0 Å². The molecule has 3 nitrogen and oxygen atoms in total. The van der Waals surface area contributed by atoms with Gasteiger partial charge in [0, 0.05) is 0 Å². The number of rotatable bonds is 9. The number of carbonyl (C=O) groups is 2. The Morgan fingerprint density at radius 3 is 1.87 bits per heavy atom. The van der Waals surface area contributed by atoms with Gasteiger partial charge in [0.15, 0.2) is 11.6 Å². The molecular formula is C20H31NO2. The number of carbonyl (C=O) groups excluding carboxylic acids is 2. The average Bonchev–Trinajstić information content (AvgIpc) is 2.44. The molecule has 0 amide bonds. The van der Waals surface area contributed by atoms with E-state index in [1.807, 2.05) is 53.6 Å². The molecule has 0 N–H and O–H groups in total. The van der Waals surface area contributed by atoms with Gasteiger partial charge < -0.3 is 0 Å². The summed E-state index contributed by atoms with van der Waals surface area (Å²) in [6, 6.07) is -0.310. The zero-order valence-corrected chi connectivity index (χ0v) is 15.7. The number of hydrogen-bond donors (Lipinski definition) is 0. The first-order valence-corrected chi connectivity index (χ1v) is 8.17. The molecule has 0 heterocycles. The van der Waals surface area contributed by atoms with Crippen molar-refractivity contribution in [2.24, 2.45) is 17.8 Å². The van der Waals surface area contributed by atoms with E-state index in [1.54, 1.807) is 0 Å². The zero-order valence-electron chi connectivity index (χ0n) is 15.7. The van der Waals surface area contributed by atoms with Gasteiger partial charge in [0.05, 0.1) is 17.5 Å². The highest BCUT2D eigenvalue weighted by Crippen LogP contribution is 2.28. The van der Waals surface area contributed by atoms with Crippen LogP contribution in [-0.4, -0.2) is 36.6 Å².